The Balaban J connectivity index is 2.21. The van der Waals surface area contributed by atoms with Crippen LogP contribution in [0.25, 0.3) is 0 Å². The summed E-state index contributed by atoms with van der Waals surface area (Å²) in [4.78, 5) is 0. The summed E-state index contributed by atoms with van der Waals surface area (Å²) in [5.41, 5.74) is 5.63. The Kier molecular flexibility index (Phi) is 20.3. The molecule has 1 aliphatic rings. The SMILES string of the molecule is CCCC[I-]c1cc(C(I)CCC)cc2c1OP(OCC(CC)CCCC)Oc1c(cc(C(C)(I)CCC)cc1[I-]CCCC)C2. The molecule has 2 aromatic carbocycles. The van der Waals surface area contributed by atoms with Crippen molar-refractivity contribution in [2.75, 3.05) is 15.5 Å². The molecule has 4 atom stereocenters. The van der Waals surface area contributed by atoms with Gasteiger partial charge in [0, 0.05) is 0 Å². The van der Waals surface area contributed by atoms with Gasteiger partial charge in [-0.25, -0.2) is 0 Å². The van der Waals surface area contributed by atoms with E-state index < -0.39 is 8.60 Å². The standard InChI is InChI=1S/C38H59I4O3P/c1-8-14-18-28(13-6)27-43-46-44-36-30(22-29(33(39)17-11-4)25-34(36)41-20-15-9-2)23-31-24-32(38(7,40)19-12-5)26-35(37(31)45-46)42-21-16-10-3/h22,24-26,28,33H,8-21,23,27H2,1-7H3/q-2. The molecular weight excluding hydrogens is 1040 g/mol. The zero-order chi connectivity index (χ0) is 33.5. The van der Waals surface area contributed by atoms with Crippen molar-refractivity contribution >= 4 is 53.8 Å². The van der Waals surface area contributed by atoms with Crippen LogP contribution in [0.1, 0.15) is 152 Å². The summed E-state index contributed by atoms with van der Waals surface area (Å²) in [6, 6.07) is 10.00. The molecular formula is C38H59I4O3P-2. The van der Waals surface area contributed by atoms with E-state index in [4.69, 9.17) is 13.6 Å². The van der Waals surface area contributed by atoms with Crippen LogP contribution >= 0.6 is 53.8 Å². The fourth-order valence-electron chi connectivity index (χ4n) is 5.60. The van der Waals surface area contributed by atoms with Gasteiger partial charge >= 0.3 is 336 Å². The van der Waals surface area contributed by atoms with Gasteiger partial charge in [-0.2, -0.15) is 0 Å². The summed E-state index contributed by atoms with van der Waals surface area (Å²) in [6.45, 7) is 16.9. The van der Waals surface area contributed by atoms with E-state index in [2.05, 4.69) is 118 Å². The third-order valence-electron chi connectivity index (χ3n) is 8.61. The van der Waals surface area contributed by atoms with Crippen LogP contribution in [-0.2, 0) is 14.4 Å². The van der Waals surface area contributed by atoms with Crippen molar-refractivity contribution in [3.05, 3.63) is 53.7 Å². The van der Waals surface area contributed by atoms with Crippen molar-refractivity contribution in [1.82, 2.24) is 0 Å². The van der Waals surface area contributed by atoms with Crippen molar-refractivity contribution in [3.8, 4) is 11.5 Å². The van der Waals surface area contributed by atoms with Crippen LogP contribution in [0.4, 0.5) is 0 Å². The van der Waals surface area contributed by atoms with Gasteiger partial charge in [0.05, 0.1) is 0 Å². The second kappa shape index (κ2) is 22.3. The van der Waals surface area contributed by atoms with E-state index in [-0.39, 0.29) is 45.8 Å². The van der Waals surface area contributed by atoms with E-state index in [0.29, 0.717) is 16.4 Å². The summed E-state index contributed by atoms with van der Waals surface area (Å²) in [5, 5.41) is 0. The molecule has 3 rings (SSSR count). The molecule has 0 radical (unpaired) electrons. The molecule has 2 aromatic rings. The third kappa shape index (κ3) is 12.8. The maximum absolute atomic E-state index is 7.04. The molecule has 0 saturated carbocycles. The molecule has 0 bridgehead atoms. The van der Waals surface area contributed by atoms with Crippen LogP contribution in [-0.4, -0.2) is 15.5 Å². The van der Waals surface area contributed by atoms with Crippen molar-refractivity contribution < 1.29 is 56.0 Å². The van der Waals surface area contributed by atoms with E-state index in [0.717, 1.165) is 24.3 Å². The van der Waals surface area contributed by atoms with Gasteiger partial charge in [0.2, 0.25) is 0 Å². The zero-order valence-corrected chi connectivity index (χ0v) is 39.0. The van der Waals surface area contributed by atoms with Gasteiger partial charge in [-0.05, 0) is 0 Å². The number of hydrogen-bond acceptors (Lipinski definition) is 3. The first-order valence-corrected chi connectivity index (χ1v) is 26.5. The summed E-state index contributed by atoms with van der Waals surface area (Å²) < 4.78 is 26.9. The molecule has 264 valence electrons. The Bertz CT molecular complexity index is 1190. The van der Waals surface area contributed by atoms with Gasteiger partial charge in [0.15, 0.2) is 0 Å². The molecule has 3 nitrogen and oxygen atoms in total. The molecule has 0 saturated heterocycles. The molecule has 0 aromatic heterocycles. The Morgan fingerprint density at radius 3 is 1.98 bits per heavy atom. The van der Waals surface area contributed by atoms with Crippen molar-refractivity contribution in [1.29, 1.82) is 0 Å². The maximum atomic E-state index is 7.04. The number of fused-ring (bicyclic) bond motifs is 2. The second-order valence-electron chi connectivity index (χ2n) is 12.8. The van der Waals surface area contributed by atoms with Gasteiger partial charge in [0.25, 0.3) is 0 Å². The summed E-state index contributed by atoms with van der Waals surface area (Å²) >= 11 is 5.05. The summed E-state index contributed by atoms with van der Waals surface area (Å²) in [5.74, 6) is 2.71. The average molecular weight is 1100 g/mol. The third-order valence-corrected chi connectivity index (χ3v) is 18.0. The van der Waals surface area contributed by atoms with Crippen LogP contribution in [0.5, 0.6) is 11.5 Å². The molecule has 1 heterocycles. The molecule has 0 amide bonds. The summed E-state index contributed by atoms with van der Waals surface area (Å²) in [7, 11) is -1.56. The van der Waals surface area contributed by atoms with Crippen molar-refractivity contribution in [2.24, 2.45) is 5.92 Å². The number of halogens is 4. The molecule has 8 heteroatoms. The van der Waals surface area contributed by atoms with Crippen molar-refractivity contribution in [2.45, 2.75) is 139 Å². The van der Waals surface area contributed by atoms with E-state index in [9.17, 15) is 0 Å². The van der Waals surface area contributed by atoms with E-state index in [1.165, 1.54) is 109 Å². The summed E-state index contributed by atoms with van der Waals surface area (Å²) in [6.07, 6.45) is 15.5. The van der Waals surface area contributed by atoms with Gasteiger partial charge in [-0.3, -0.25) is 0 Å². The first-order chi connectivity index (χ1) is 22.2. The van der Waals surface area contributed by atoms with Crippen LogP contribution in [0, 0.1) is 13.1 Å². The van der Waals surface area contributed by atoms with Crippen LogP contribution in [0.3, 0.4) is 0 Å². The first-order valence-electron chi connectivity index (χ1n) is 17.8. The Hall–Kier alpha value is 1.35. The predicted molar refractivity (Wildman–Crippen MR) is 208 cm³/mol. The quantitative estimate of drug-likeness (QED) is 0.0567. The second-order valence-corrected chi connectivity index (χ2v) is 23.8. The normalized spacial score (nSPS) is 17.3. The minimum absolute atomic E-state index is 0.106. The minimum atomic E-state index is -1.56. The van der Waals surface area contributed by atoms with Crippen LogP contribution in [0.2, 0.25) is 0 Å². The van der Waals surface area contributed by atoms with Crippen molar-refractivity contribution in [3.63, 3.8) is 0 Å². The van der Waals surface area contributed by atoms with Gasteiger partial charge in [-0.1, -0.05) is 0 Å². The molecule has 0 N–H and O–H groups in total. The van der Waals surface area contributed by atoms with Gasteiger partial charge in [-0.15, -0.1) is 0 Å². The Labute approximate surface area is 331 Å². The Morgan fingerprint density at radius 1 is 0.804 bits per heavy atom. The first kappa shape index (κ1) is 41.8. The number of alkyl halides is 4. The van der Waals surface area contributed by atoms with Crippen LogP contribution in [0.15, 0.2) is 24.3 Å². The Morgan fingerprint density at radius 2 is 1.41 bits per heavy atom. The molecule has 0 aliphatic carbocycles. The van der Waals surface area contributed by atoms with E-state index in [1.54, 1.807) is 0 Å². The van der Waals surface area contributed by atoms with Gasteiger partial charge in [0.1, 0.15) is 0 Å². The van der Waals surface area contributed by atoms with Gasteiger partial charge < -0.3 is 0 Å². The van der Waals surface area contributed by atoms with E-state index in [1.807, 2.05) is 0 Å². The molecule has 1 aliphatic heterocycles. The number of hydrogen-bond donors (Lipinski definition) is 0. The monoisotopic (exact) mass is 1100 g/mol. The fourth-order valence-corrected chi connectivity index (χ4v) is 15.2. The van der Waals surface area contributed by atoms with E-state index >= 15 is 0 Å². The molecule has 0 fully saturated rings. The number of unbranched alkanes of at least 4 members (excludes halogenated alkanes) is 3. The zero-order valence-electron chi connectivity index (χ0n) is 29.5. The molecule has 46 heavy (non-hydrogen) atoms. The fraction of sp³-hybridized carbons (Fsp3) is 0.684. The number of benzene rings is 2. The number of rotatable bonds is 21. The topological polar surface area (TPSA) is 27.7 Å². The average Bonchev–Trinajstić information content (AvgIpc) is 3.02. The predicted octanol–water partition coefficient (Wildman–Crippen LogP) is 7.35. The molecule has 4 unspecified atom stereocenters. The molecule has 0 spiro atoms. The van der Waals surface area contributed by atoms with Crippen LogP contribution < -0.4 is 51.5 Å².